The Balaban J connectivity index is 2.21. The van der Waals surface area contributed by atoms with Gasteiger partial charge in [0.15, 0.2) is 0 Å². The van der Waals surface area contributed by atoms with Crippen molar-refractivity contribution >= 4 is 11.6 Å². The summed E-state index contributed by atoms with van der Waals surface area (Å²) >= 11 is 5.83. The standard InChI is InChI=1S/C12H13ClFN3/c1-17-5-4-16-12(17)11(15)7-8-6-9(13)2-3-10(8)14/h2-6,11H,7,15H2,1H3. The zero-order valence-electron chi connectivity index (χ0n) is 9.40. The Labute approximate surface area is 104 Å². The van der Waals surface area contributed by atoms with E-state index in [9.17, 15) is 4.39 Å². The fourth-order valence-corrected chi connectivity index (χ4v) is 1.96. The van der Waals surface area contributed by atoms with Gasteiger partial charge in [0.2, 0.25) is 0 Å². The van der Waals surface area contributed by atoms with Gasteiger partial charge in [0.1, 0.15) is 11.6 Å². The maximum atomic E-state index is 13.5. The lowest BCUT2D eigenvalue weighted by Crippen LogP contribution is -2.18. The van der Waals surface area contributed by atoms with Crippen LogP contribution in [0.2, 0.25) is 5.02 Å². The molecule has 90 valence electrons. The van der Waals surface area contributed by atoms with Crippen LogP contribution in [-0.2, 0) is 13.5 Å². The molecule has 0 aliphatic heterocycles. The average molecular weight is 254 g/mol. The second-order valence-electron chi connectivity index (χ2n) is 3.94. The normalized spacial score (nSPS) is 12.7. The predicted molar refractivity (Wildman–Crippen MR) is 65.3 cm³/mol. The molecule has 2 rings (SSSR count). The predicted octanol–water partition coefficient (Wildman–Crippen LogP) is 2.46. The van der Waals surface area contributed by atoms with Crippen LogP contribution in [0.3, 0.4) is 0 Å². The Morgan fingerprint density at radius 2 is 2.29 bits per heavy atom. The van der Waals surface area contributed by atoms with Crippen molar-refractivity contribution in [3.05, 3.63) is 52.8 Å². The number of aryl methyl sites for hydroxylation is 1. The molecule has 0 bridgehead atoms. The quantitative estimate of drug-likeness (QED) is 0.913. The van der Waals surface area contributed by atoms with E-state index in [0.717, 1.165) is 5.82 Å². The maximum absolute atomic E-state index is 13.5. The number of aromatic nitrogens is 2. The van der Waals surface area contributed by atoms with Crippen LogP contribution in [0.25, 0.3) is 0 Å². The Bertz CT molecular complexity index is 524. The highest BCUT2D eigenvalue weighted by Gasteiger charge is 2.14. The summed E-state index contributed by atoms with van der Waals surface area (Å²) in [6, 6.07) is 4.12. The highest BCUT2D eigenvalue weighted by atomic mass is 35.5. The third kappa shape index (κ3) is 2.65. The van der Waals surface area contributed by atoms with Crippen LogP contribution in [0.4, 0.5) is 4.39 Å². The molecule has 0 saturated carbocycles. The Morgan fingerprint density at radius 3 is 2.94 bits per heavy atom. The third-order valence-electron chi connectivity index (χ3n) is 2.64. The smallest absolute Gasteiger partial charge is 0.126 e. The molecule has 0 amide bonds. The number of rotatable bonds is 3. The van der Waals surface area contributed by atoms with Crippen molar-refractivity contribution in [3.8, 4) is 0 Å². The molecule has 1 aromatic carbocycles. The highest BCUT2D eigenvalue weighted by Crippen LogP contribution is 2.20. The minimum atomic E-state index is -0.344. The third-order valence-corrected chi connectivity index (χ3v) is 2.87. The molecule has 3 nitrogen and oxygen atoms in total. The molecular weight excluding hydrogens is 241 g/mol. The van der Waals surface area contributed by atoms with Gasteiger partial charge in [-0.1, -0.05) is 11.6 Å². The summed E-state index contributed by atoms with van der Waals surface area (Å²) in [5, 5.41) is 0.508. The Morgan fingerprint density at radius 1 is 1.53 bits per heavy atom. The van der Waals surface area contributed by atoms with Crippen molar-refractivity contribution in [2.75, 3.05) is 0 Å². The van der Waals surface area contributed by atoms with E-state index in [2.05, 4.69) is 4.98 Å². The first-order valence-corrected chi connectivity index (χ1v) is 5.62. The number of nitrogens with zero attached hydrogens (tertiary/aromatic N) is 2. The molecule has 1 aromatic heterocycles. The molecule has 2 N–H and O–H groups in total. The molecule has 1 atom stereocenters. The van der Waals surface area contributed by atoms with E-state index in [1.165, 1.54) is 12.1 Å². The summed E-state index contributed by atoms with van der Waals surface area (Å²) in [5.74, 6) is 0.434. The van der Waals surface area contributed by atoms with Gasteiger partial charge in [-0.15, -0.1) is 0 Å². The summed E-state index contributed by atoms with van der Waals surface area (Å²) < 4.78 is 15.4. The molecule has 5 heteroatoms. The second-order valence-corrected chi connectivity index (χ2v) is 4.38. The largest absolute Gasteiger partial charge is 0.337 e. The summed E-state index contributed by atoms with van der Waals surface area (Å²) in [5.41, 5.74) is 6.51. The fraction of sp³-hybridized carbons (Fsp3) is 0.250. The summed E-state index contributed by atoms with van der Waals surface area (Å²) in [7, 11) is 1.86. The second kappa shape index (κ2) is 4.85. The van der Waals surface area contributed by atoms with E-state index >= 15 is 0 Å². The maximum Gasteiger partial charge on any atom is 0.126 e. The lowest BCUT2D eigenvalue weighted by molar-refractivity contribution is 0.576. The first-order valence-electron chi connectivity index (χ1n) is 5.24. The van der Waals surface area contributed by atoms with Gasteiger partial charge in [0.25, 0.3) is 0 Å². The van der Waals surface area contributed by atoms with Gasteiger partial charge in [-0.05, 0) is 30.2 Å². The van der Waals surface area contributed by atoms with Gasteiger partial charge in [-0.2, -0.15) is 0 Å². The van der Waals surface area contributed by atoms with Crippen LogP contribution in [0, 0.1) is 5.82 Å². The van der Waals surface area contributed by atoms with Gasteiger partial charge in [-0.25, -0.2) is 9.37 Å². The minimum absolute atomic E-state index is 0.293. The number of nitrogens with two attached hydrogens (primary N) is 1. The van der Waals surface area contributed by atoms with Crippen molar-refractivity contribution < 1.29 is 4.39 Å². The van der Waals surface area contributed by atoms with E-state index < -0.39 is 0 Å². The zero-order valence-corrected chi connectivity index (χ0v) is 10.2. The van der Waals surface area contributed by atoms with Crippen molar-refractivity contribution in [1.82, 2.24) is 9.55 Å². The van der Waals surface area contributed by atoms with Gasteiger partial charge in [0.05, 0.1) is 6.04 Å². The van der Waals surface area contributed by atoms with Gasteiger partial charge in [-0.3, -0.25) is 0 Å². The highest BCUT2D eigenvalue weighted by molar-refractivity contribution is 6.30. The number of imidazole rings is 1. The lowest BCUT2D eigenvalue weighted by Gasteiger charge is -2.12. The zero-order chi connectivity index (χ0) is 12.4. The number of halogens is 2. The SMILES string of the molecule is Cn1ccnc1C(N)Cc1cc(Cl)ccc1F. The first-order chi connectivity index (χ1) is 8.08. The van der Waals surface area contributed by atoms with Crippen molar-refractivity contribution in [2.45, 2.75) is 12.5 Å². The van der Waals surface area contributed by atoms with Crippen LogP contribution < -0.4 is 5.73 Å². The van der Waals surface area contributed by atoms with Crippen LogP contribution in [0.15, 0.2) is 30.6 Å². The molecule has 0 radical (unpaired) electrons. The molecule has 0 spiro atoms. The minimum Gasteiger partial charge on any atom is -0.337 e. The van der Waals surface area contributed by atoms with Gasteiger partial charge < -0.3 is 10.3 Å². The van der Waals surface area contributed by atoms with Crippen LogP contribution in [-0.4, -0.2) is 9.55 Å². The molecule has 1 unspecified atom stereocenters. The van der Waals surface area contributed by atoms with Gasteiger partial charge >= 0.3 is 0 Å². The van der Waals surface area contributed by atoms with Crippen molar-refractivity contribution in [1.29, 1.82) is 0 Å². The van der Waals surface area contributed by atoms with Crippen molar-refractivity contribution in [3.63, 3.8) is 0 Å². The summed E-state index contributed by atoms with van der Waals surface area (Å²) in [6.45, 7) is 0. The van der Waals surface area contributed by atoms with Crippen LogP contribution >= 0.6 is 11.6 Å². The average Bonchev–Trinajstić information content (AvgIpc) is 2.70. The number of hydrogen-bond donors (Lipinski definition) is 1. The summed E-state index contributed by atoms with van der Waals surface area (Å²) in [6.07, 6.45) is 3.85. The van der Waals surface area contributed by atoms with E-state index in [0.29, 0.717) is 17.0 Å². The fourth-order valence-electron chi connectivity index (χ4n) is 1.76. The van der Waals surface area contributed by atoms with Crippen LogP contribution in [0.5, 0.6) is 0 Å². The molecule has 0 aliphatic rings. The molecule has 2 aromatic rings. The van der Waals surface area contributed by atoms with E-state index in [1.54, 1.807) is 12.3 Å². The first kappa shape index (κ1) is 12.1. The monoisotopic (exact) mass is 253 g/mol. The van der Waals surface area contributed by atoms with Crippen molar-refractivity contribution in [2.24, 2.45) is 12.8 Å². The number of benzene rings is 1. The Kier molecular flexibility index (Phi) is 3.45. The molecule has 0 saturated heterocycles. The van der Waals surface area contributed by atoms with E-state index in [4.69, 9.17) is 17.3 Å². The molecular formula is C12H13ClFN3. The molecule has 1 heterocycles. The van der Waals surface area contributed by atoms with Gasteiger partial charge in [0, 0.05) is 24.5 Å². The number of hydrogen-bond acceptors (Lipinski definition) is 2. The topological polar surface area (TPSA) is 43.8 Å². The molecule has 0 fully saturated rings. The Hall–Kier alpha value is -1.39. The van der Waals surface area contributed by atoms with E-state index in [1.807, 2.05) is 17.8 Å². The molecule has 17 heavy (non-hydrogen) atoms. The molecule has 0 aliphatic carbocycles. The lowest BCUT2D eigenvalue weighted by atomic mass is 10.1. The van der Waals surface area contributed by atoms with E-state index in [-0.39, 0.29) is 11.9 Å². The van der Waals surface area contributed by atoms with Crippen LogP contribution in [0.1, 0.15) is 17.4 Å². The summed E-state index contributed by atoms with van der Waals surface area (Å²) in [4.78, 5) is 4.15.